The van der Waals surface area contributed by atoms with Crippen LogP contribution < -0.4 is 5.32 Å². The molecule has 1 aromatic rings. The van der Waals surface area contributed by atoms with Gasteiger partial charge in [-0.25, -0.2) is 0 Å². The number of nitrogens with one attached hydrogen (secondary N) is 1. The fourth-order valence-corrected chi connectivity index (χ4v) is 3.07. The first-order chi connectivity index (χ1) is 7.90. The van der Waals surface area contributed by atoms with Gasteiger partial charge in [0, 0.05) is 31.7 Å². The second-order valence-corrected chi connectivity index (χ2v) is 5.17. The van der Waals surface area contributed by atoms with Crippen molar-refractivity contribution in [1.82, 2.24) is 10.2 Å². The number of piperazine rings is 1. The van der Waals surface area contributed by atoms with Gasteiger partial charge in [-0.2, -0.15) is 0 Å². The van der Waals surface area contributed by atoms with E-state index in [-0.39, 0.29) is 0 Å². The molecule has 3 rings (SSSR count). The maximum atomic E-state index is 3.73. The minimum Gasteiger partial charge on any atom is -0.309 e. The molecule has 1 N–H and O–H groups in total. The van der Waals surface area contributed by atoms with Crippen LogP contribution in [0.3, 0.4) is 0 Å². The first-order valence-corrected chi connectivity index (χ1v) is 6.42. The SMILES string of the molecule is c1ccc(CN2CC3CCCC(C2)N3)cc1. The average Bonchev–Trinajstić information content (AvgIpc) is 2.30. The lowest BCUT2D eigenvalue weighted by Gasteiger charge is -2.42. The lowest BCUT2D eigenvalue weighted by molar-refractivity contribution is 0.119. The van der Waals surface area contributed by atoms with Crippen LogP contribution in [-0.2, 0) is 6.54 Å². The highest BCUT2D eigenvalue weighted by atomic mass is 15.2. The van der Waals surface area contributed by atoms with E-state index < -0.39 is 0 Å². The Kier molecular flexibility index (Phi) is 2.94. The molecule has 0 aliphatic carbocycles. The highest BCUT2D eigenvalue weighted by Crippen LogP contribution is 2.20. The summed E-state index contributed by atoms with van der Waals surface area (Å²) in [6.45, 7) is 3.58. The second-order valence-electron chi connectivity index (χ2n) is 5.17. The molecule has 2 aliphatic rings. The predicted octanol–water partition coefficient (Wildman–Crippen LogP) is 2.01. The first-order valence-electron chi connectivity index (χ1n) is 6.42. The molecule has 2 heterocycles. The Morgan fingerprint density at radius 1 is 1.06 bits per heavy atom. The summed E-state index contributed by atoms with van der Waals surface area (Å²) in [6, 6.07) is 12.3. The van der Waals surface area contributed by atoms with Crippen LogP contribution in [0.5, 0.6) is 0 Å². The van der Waals surface area contributed by atoms with Gasteiger partial charge in [0.2, 0.25) is 0 Å². The topological polar surface area (TPSA) is 15.3 Å². The highest BCUT2D eigenvalue weighted by molar-refractivity contribution is 5.14. The smallest absolute Gasteiger partial charge is 0.0235 e. The summed E-state index contributed by atoms with van der Waals surface area (Å²) in [6.07, 6.45) is 4.14. The van der Waals surface area contributed by atoms with E-state index in [1.807, 2.05) is 0 Å². The van der Waals surface area contributed by atoms with E-state index in [1.54, 1.807) is 0 Å². The Labute approximate surface area is 97.6 Å². The molecule has 2 unspecified atom stereocenters. The van der Waals surface area contributed by atoms with Crippen LogP contribution in [0.25, 0.3) is 0 Å². The van der Waals surface area contributed by atoms with Gasteiger partial charge in [0.05, 0.1) is 0 Å². The van der Waals surface area contributed by atoms with Crippen molar-refractivity contribution in [2.75, 3.05) is 13.1 Å². The third kappa shape index (κ3) is 2.28. The molecular weight excluding hydrogens is 196 g/mol. The molecular formula is C14H20N2. The van der Waals surface area contributed by atoms with Crippen LogP contribution >= 0.6 is 0 Å². The van der Waals surface area contributed by atoms with Crippen molar-refractivity contribution in [1.29, 1.82) is 0 Å². The number of hydrogen-bond donors (Lipinski definition) is 1. The fourth-order valence-electron chi connectivity index (χ4n) is 3.07. The van der Waals surface area contributed by atoms with Gasteiger partial charge in [-0.15, -0.1) is 0 Å². The van der Waals surface area contributed by atoms with Crippen molar-refractivity contribution < 1.29 is 0 Å². The van der Waals surface area contributed by atoms with Gasteiger partial charge < -0.3 is 5.32 Å². The van der Waals surface area contributed by atoms with Crippen LogP contribution in [0, 0.1) is 0 Å². The largest absolute Gasteiger partial charge is 0.309 e. The number of likely N-dealkylation sites (tertiary alicyclic amines) is 1. The first kappa shape index (κ1) is 10.3. The van der Waals surface area contributed by atoms with E-state index in [9.17, 15) is 0 Å². The normalized spacial score (nSPS) is 30.2. The maximum Gasteiger partial charge on any atom is 0.0235 e. The number of fused-ring (bicyclic) bond motifs is 2. The minimum absolute atomic E-state index is 0.746. The number of hydrogen-bond acceptors (Lipinski definition) is 2. The molecule has 0 aromatic heterocycles. The van der Waals surface area contributed by atoms with Crippen LogP contribution in [-0.4, -0.2) is 30.1 Å². The van der Waals surface area contributed by atoms with Gasteiger partial charge in [-0.05, 0) is 18.4 Å². The summed E-state index contributed by atoms with van der Waals surface area (Å²) in [4.78, 5) is 2.61. The maximum absolute atomic E-state index is 3.73. The number of nitrogens with zero attached hydrogens (tertiary/aromatic N) is 1. The van der Waals surface area contributed by atoms with Gasteiger partial charge in [0.1, 0.15) is 0 Å². The standard InChI is InChI=1S/C14H20N2/c1-2-5-12(6-3-1)9-16-10-13-7-4-8-14(11-16)15-13/h1-3,5-6,13-15H,4,7-11H2. The number of rotatable bonds is 2. The van der Waals surface area contributed by atoms with Crippen molar-refractivity contribution in [3.63, 3.8) is 0 Å². The van der Waals surface area contributed by atoms with Crippen molar-refractivity contribution in [2.45, 2.75) is 37.9 Å². The summed E-state index contributed by atoms with van der Waals surface area (Å²) in [5.74, 6) is 0. The van der Waals surface area contributed by atoms with E-state index >= 15 is 0 Å². The van der Waals surface area contributed by atoms with Gasteiger partial charge in [-0.1, -0.05) is 36.8 Å². The number of piperidine rings is 1. The third-order valence-electron chi connectivity index (χ3n) is 3.78. The summed E-state index contributed by atoms with van der Waals surface area (Å²) in [5, 5.41) is 3.73. The van der Waals surface area contributed by atoms with Gasteiger partial charge in [0.25, 0.3) is 0 Å². The van der Waals surface area contributed by atoms with E-state index in [0.717, 1.165) is 18.6 Å². The van der Waals surface area contributed by atoms with Gasteiger partial charge in [0.15, 0.2) is 0 Å². The fraction of sp³-hybridized carbons (Fsp3) is 0.571. The molecule has 86 valence electrons. The second kappa shape index (κ2) is 4.56. The Morgan fingerprint density at radius 3 is 2.44 bits per heavy atom. The Hall–Kier alpha value is -0.860. The molecule has 1 aromatic carbocycles. The monoisotopic (exact) mass is 216 g/mol. The van der Waals surface area contributed by atoms with Gasteiger partial charge >= 0.3 is 0 Å². The molecule has 0 saturated carbocycles. The summed E-state index contributed by atoms with van der Waals surface area (Å²) in [5.41, 5.74) is 1.45. The van der Waals surface area contributed by atoms with Crippen LogP contribution in [0.15, 0.2) is 30.3 Å². The summed E-state index contributed by atoms with van der Waals surface area (Å²) in [7, 11) is 0. The molecule has 2 saturated heterocycles. The Bertz CT molecular complexity index is 324. The van der Waals surface area contributed by atoms with Crippen LogP contribution in [0.4, 0.5) is 0 Å². The Morgan fingerprint density at radius 2 is 1.75 bits per heavy atom. The molecule has 2 heteroatoms. The molecule has 2 bridgehead atoms. The van der Waals surface area contributed by atoms with Gasteiger partial charge in [-0.3, -0.25) is 4.90 Å². The Balaban J connectivity index is 1.63. The quantitative estimate of drug-likeness (QED) is 0.813. The van der Waals surface area contributed by atoms with Crippen molar-refractivity contribution in [3.05, 3.63) is 35.9 Å². The molecule has 16 heavy (non-hydrogen) atoms. The predicted molar refractivity (Wildman–Crippen MR) is 66.3 cm³/mol. The van der Waals surface area contributed by atoms with Crippen LogP contribution in [0.2, 0.25) is 0 Å². The molecule has 2 aliphatic heterocycles. The van der Waals surface area contributed by atoms with Crippen molar-refractivity contribution in [3.8, 4) is 0 Å². The van der Waals surface area contributed by atoms with Crippen LogP contribution in [0.1, 0.15) is 24.8 Å². The number of benzene rings is 1. The summed E-state index contributed by atoms with van der Waals surface area (Å²) < 4.78 is 0. The zero-order valence-corrected chi connectivity index (χ0v) is 9.73. The zero-order chi connectivity index (χ0) is 10.8. The molecule has 2 fully saturated rings. The van der Waals surface area contributed by atoms with E-state index in [2.05, 4.69) is 40.5 Å². The molecule has 0 amide bonds. The van der Waals surface area contributed by atoms with Crippen molar-refractivity contribution in [2.24, 2.45) is 0 Å². The lowest BCUT2D eigenvalue weighted by atomic mass is 9.94. The molecule has 2 atom stereocenters. The minimum atomic E-state index is 0.746. The van der Waals surface area contributed by atoms with E-state index in [0.29, 0.717) is 0 Å². The summed E-state index contributed by atoms with van der Waals surface area (Å²) >= 11 is 0. The molecule has 0 spiro atoms. The lowest BCUT2D eigenvalue weighted by Crippen LogP contribution is -2.58. The molecule has 0 radical (unpaired) electrons. The highest BCUT2D eigenvalue weighted by Gasteiger charge is 2.29. The van der Waals surface area contributed by atoms with Crippen molar-refractivity contribution >= 4 is 0 Å². The average molecular weight is 216 g/mol. The zero-order valence-electron chi connectivity index (χ0n) is 9.73. The third-order valence-corrected chi connectivity index (χ3v) is 3.78. The molecule has 2 nitrogen and oxygen atoms in total. The van der Waals surface area contributed by atoms with E-state index in [4.69, 9.17) is 0 Å². The van der Waals surface area contributed by atoms with E-state index in [1.165, 1.54) is 37.9 Å².